The van der Waals surface area contributed by atoms with Crippen LogP contribution in [0.3, 0.4) is 0 Å². The molecule has 0 atom stereocenters. The molecule has 0 unspecified atom stereocenters. The summed E-state index contributed by atoms with van der Waals surface area (Å²) < 4.78 is 7.01. The monoisotopic (exact) mass is 385 g/mol. The van der Waals surface area contributed by atoms with Crippen LogP contribution < -0.4 is 15.7 Å². The third-order valence-electron chi connectivity index (χ3n) is 3.80. The van der Waals surface area contributed by atoms with Crippen molar-refractivity contribution in [2.24, 2.45) is 0 Å². The Bertz CT molecular complexity index is 1290. The zero-order valence-corrected chi connectivity index (χ0v) is 15.2. The average molecular weight is 386 g/mol. The molecule has 0 N–H and O–H groups in total. The minimum Gasteiger partial charge on any atom is -0.462 e. The Morgan fingerprint density at radius 1 is 1.23 bits per heavy atom. The molecule has 0 aliphatic rings. The van der Waals surface area contributed by atoms with E-state index in [9.17, 15) is 9.59 Å². The fraction of sp³-hybridized carbons (Fsp3) is 0.111. The van der Waals surface area contributed by atoms with Crippen molar-refractivity contribution in [3.8, 4) is 0 Å². The normalized spacial score (nSPS) is 12.2. The molecule has 0 amide bonds. The van der Waals surface area contributed by atoms with Crippen LogP contribution >= 0.6 is 22.9 Å². The molecule has 0 spiro atoms. The molecule has 8 heteroatoms. The van der Waals surface area contributed by atoms with Gasteiger partial charge in [-0.15, -0.1) is 0 Å². The van der Waals surface area contributed by atoms with Crippen molar-refractivity contribution in [1.29, 1.82) is 0 Å². The van der Waals surface area contributed by atoms with Crippen molar-refractivity contribution in [1.82, 2.24) is 14.6 Å². The van der Waals surface area contributed by atoms with Crippen molar-refractivity contribution in [2.45, 2.75) is 13.3 Å². The van der Waals surface area contributed by atoms with Crippen LogP contribution in [0.1, 0.15) is 22.8 Å². The lowest BCUT2D eigenvalue weighted by Crippen LogP contribution is -2.28. The summed E-state index contributed by atoms with van der Waals surface area (Å²) in [5.74, 6) is 1.31. The number of thiazole rings is 1. The second-order valence-corrected chi connectivity index (χ2v) is 7.11. The van der Waals surface area contributed by atoms with Gasteiger partial charge in [0.2, 0.25) is 4.96 Å². The van der Waals surface area contributed by atoms with Gasteiger partial charge in [0, 0.05) is 17.5 Å². The van der Waals surface area contributed by atoms with Gasteiger partial charge < -0.3 is 4.42 Å². The number of furan rings is 1. The van der Waals surface area contributed by atoms with Gasteiger partial charge in [0.1, 0.15) is 21.7 Å². The Morgan fingerprint density at radius 3 is 2.77 bits per heavy atom. The van der Waals surface area contributed by atoms with Gasteiger partial charge in [-0.05, 0) is 30.7 Å². The highest BCUT2D eigenvalue weighted by atomic mass is 35.5. The molecule has 4 aromatic rings. The molecule has 0 radical (unpaired) electrons. The van der Waals surface area contributed by atoms with Crippen molar-refractivity contribution in [2.75, 3.05) is 0 Å². The van der Waals surface area contributed by atoms with Crippen LogP contribution in [0.2, 0.25) is 5.02 Å². The highest BCUT2D eigenvalue weighted by molar-refractivity contribution is 7.15. The first-order chi connectivity index (χ1) is 12.5. The van der Waals surface area contributed by atoms with Gasteiger partial charge in [0.05, 0.1) is 0 Å². The van der Waals surface area contributed by atoms with Crippen LogP contribution in [0.25, 0.3) is 11.0 Å². The summed E-state index contributed by atoms with van der Waals surface area (Å²) in [4.78, 5) is 29.1. The van der Waals surface area contributed by atoms with Gasteiger partial charge in [0.15, 0.2) is 0 Å². The Hall–Kier alpha value is -2.77. The highest BCUT2D eigenvalue weighted by Crippen LogP contribution is 2.16. The second kappa shape index (κ2) is 6.51. The lowest BCUT2D eigenvalue weighted by atomic mass is 10.1. The molecule has 0 saturated carbocycles. The lowest BCUT2D eigenvalue weighted by molar-refractivity contribution is 0.525. The van der Waals surface area contributed by atoms with E-state index in [1.54, 1.807) is 24.3 Å². The van der Waals surface area contributed by atoms with Crippen molar-refractivity contribution in [3.05, 3.63) is 89.4 Å². The molecular formula is C18H12ClN3O3S. The van der Waals surface area contributed by atoms with Crippen LogP contribution in [-0.2, 0) is 6.42 Å². The molecule has 3 heterocycles. The van der Waals surface area contributed by atoms with E-state index in [4.69, 9.17) is 16.0 Å². The third kappa shape index (κ3) is 3.07. The Kier molecular flexibility index (Phi) is 4.18. The van der Waals surface area contributed by atoms with Crippen LogP contribution in [0.4, 0.5) is 0 Å². The Morgan fingerprint density at radius 2 is 2.04 bits per heavy atom. The van der Waals surface area contributed by atoms with Crippen LogP contribution in [-0.4, -0.2) is 14.6 Å². The SMILES string of the molecule is Cc1ccc(C=c2sc3nc(=O)c(Cc4ccccc4Cl)nn3c2=O)o1. The summed E-state index contributed by atoms with van der Waals surface area (Å²) in [7, 11) is 0. The summed E-state index contributed by atoms with van der Waals surface area (Å²) in [5.41, 5.74) is 0.116. The molecule has 0 aliphatic heterocycles. The number of halogens is 1. The fourth-order valence-electron chi connectivity index (χ4n) is 2.53. The van der Waals surface area contributed by atoms with Gasteiger partial charge in [0.25, 0.3) is 11.1 Å². The van der Waals surface area contributed by atoms with Gasteiger partial charge in [-0.25, -0.2) is 0 Å². The number of rotatable bonds is 3. The molecule has 0 aliphatic carbocycles. The van der Waals surface area contributed by atoms with E-state index >= 15 is 0 Å². The number of hydrogen-bond donors (Lipinski definition) is 0. The van der Waals surface area contributed by atoms with Gasteiger partial charge >= 0.3 is 0 Å². The smallest absolute Gasteiger partial charge is 0.296 e. The summed E-state index contributed by atoms with van der Waals surface area (Å²) in [6.45, 7) is 1.82. The summed E-state index contributed by atoms with van der Waals surface area (Å²) in [5, 5.41) is 4.74. The summed E-state index contributed by atoms with van der Waals surface area (Å²) in [6.07, 6.45) is 1.83. The van der Waals surface area contributed by atoms with E-state index in [2.05, 4.69) is 10.1 Å². The first kappa shape index (κ1) is 16.7. The topological polar surface area (TPSA) is 77.5 Å². The fourth-order valence-corrected chi connectivity index (χ4v) is 3.62. The number of hydrogen-bond acceptors (Lipinski definition) is 6. The molecule has 1 aromatic carbocycles. The van der Waals surface area contributed by atoms with Gasteiger partial charge in [-0.1, -0.05) is 41.1 Å². The lowest BCUT2D eigenvalue weighted by Gasteiger charge is -2.02. The van der Waals surface area contributed by atoms with E-state index in [1.165, 1.54) is 0 Å². The number of aromatic nitrogens is 3. The van der Waals surface area contributed by atoms with Crippen LogP contribution in [0, 0.1) is 6.92 Å². The van der Waals surface area contributed by atoms with E-state index in [0.29, 0.717) is 15.3 Å². The molecule has 4 rings (SSSR count). The predicted molar refractivity (Wildman–Crippen MR) is 99.9 cm³/mol. The second-order valence-electron chi connectivity index (χ2n) is 5.69. The molecule has 26 heavy (non-hydrogen) atoms. The third-order valence-corrected chi connectivity index (χ3v) is 5.13. The molecule has 130 valence electrons. The quantitative estimate of drug-likeness (QED) is 0.540. The van der Waals surface area contributed by atoms with Crippen molar-refractivity contribution >= 4 is 34.0 Å². The summed E-state index contributed by atoms with van der Waals surface area (Å²) in [6, 6.07) is 10.8. The standard InChI is InChI=1S/C18H12ClN3O3S/c1-10-6-7-12(25-10)9-15-17(24)22-18(26-15)20-16(23)14(21-22)8-11-4-2-3-5-13(11)19/h2-7,9H,8H2,1H3. The zero-order valence-electron chi connectivity index (χ0n) is 13.6. The van der Waals surface area contributed by atoms with Crippen LogP contribution in [0.15, 0.2) is 50.4 Å². The number of nitrogens with zero attached hydrogens (tertiary/aromatic N) is 3. The van der Waals surface area contributed by atoms with Gasteiger partial charge in [-0.2, -0.15) is 14.6 Å². The first-order valence-corrected chi connectivity index (χ1v) is 8.95. The maximum Gasteiger partial charge on any atom is 0.296 e. The molecule has 6 nitrogen and oxygen atoms in total. The molecule has 0 bridgehead atoms. The highest BCUT2D eigenvalue weighted by Gasteiger charge is 2.13. The largest absolute Gasteiger partial charge is 0.462 e. The zero-order chi connectivity index (χ0) is 18.3. The number of benzene rings is 1. The molecule has 3 aromatic heterocycles. The van der Waals surface area contributed by atoms with E-state index in [1.807, 2.05) is 25.1 Å². The average Bonchev–Trinajstić information content (AvgIpc) is 3.14. The predicted octanol–water partition coefficient (Wildman–Crippen LogP) is 2.20. The molecule has 0 saturated heterocycles. The van der Waals surface area contributed by atoms with Crippen molar-refractivity contribution < 1.29 is 4.42 Å². The van der Waals surface area contributed by atoms with Gasteiger partial charge in [-0.3, -0.25) is 9.59 Å². The molecule has 0 fully saturated rings. The first-order valence-electron chi connectivity index (χ1n) is 7.75. The maximum absolute atomic E-state index is 12.6. The maximum atomic E-state index is 12.6. The van der Waals surface area contributed by atoms with E-state index < -0.39 is 5.56 Å². The minimum atomic E-state index is -0.466. The van der Waals surface area contributed by atoms with E-state index in [0.717, 1.165) is 27.2 Å². The number of fused-ring (bicyclic) bond motifs is 1. The Balaban J connectivity index is 1.83. The van der Waals surface area contributed by atoms with E-state index in [-0.39, 0.29) is 22.6 Å². The number of aryl methyl sites for hydroxylation is 1. The molecular weight excluding hydrogens is 374 g/mol. The Labute approximate surface area is 156 Å². The summed E-state index contributed by atoms with van der Waals surface area (Å²) >= 11 is 7.24. The van der Waals surface area contributed by atoms with Crippen LogP contribution in [0.5, 0.6) is 0 Å². The minimum absolute atomic E-state index is 0.172. The van der Waals surface area contributed by atoms with Crippen molar-refractivity contribution in [3.63, 3.8) is 0 Å².